The van der Waals surface area contributed by atoms with Crippen molar-refractivity contribution in [3.05, 3.63) is 0 Å². The highest BCUT2D eigenvalue weighted by atomic mass is 19.4. The van der Waals surface area contributed by atoms with Crippen molar-refractivity contribution in [1.29, 1.82) is 0 Å². The highest BCUT2D eigenvalue weighted by Gasteiger charge is 2.32. The van der Waals surface area contributed by atoms with Gasteiger partial charge in [0.25, 0.3) is 0 Å². The van der Waals surface area contributed by atoms with E-state index in [9.17, 15) is 13.2 Å². The summed E-state index contributed by atoms with van der Waals surface area (Å²) in [5.74, 6) is 1.57. The van der Waals surface area contributed by atoms with Crippen LogP contribution in [0.3, 0.4) is 0 Å². The van der Waals surface area contributed by atoms with Gasteiger partial charge in [-0.05, 0) is 37.0 Å². The molecule has 0 bridgehead atoms. The summed E-state index contributed by atoms with van der Waals surface area (Å²) >= 11 is 0. The van der Waals surface area contributed by atoms with Crippen molar-refractivity contribution >= 4 is 0 Å². The van der Waals surface area contributed by atoms with Gasteiger partial charge in [-0.1, -0.05) is 20.3 Å². The summed E-state index contributed by atoms with van der Waals surface area (Å²) in [4.78, 5) is 0. The Kier molecular flexibility index (Phi) is 4.65. The highest BCUT2D eigenvalue weighted by molar-refractivity contribution is 4.82. The van der Waals surface area contributed by atoms with Crippen LogP contribution in [-0.4, -0.2) is 12.2 Å². The molecular formula is C12H22F3N. The molecule has 4 heteroatoms. The molecule has 1 nitrogen and oxygen atoms in total. The lowest BCUT2D eigenvalue weighted by atomic mass is 9.73. The summed E-state index contributed by atoms with van der Waals surface area (Å²) in [5, 5.41) is 0. The topological polar surface area (TPSA) is 26.0 Å². The summed E-state index contributed by atoms with van der Waals surface area (Å²) in [6.45, 7) is 4.38. The van der Waals surface area contributed by atoms with Crippen LogP contribution in [0.5, 0.6) is 0 Å². The monoisotopic (exact) mass is 237 g/mol. The maximum atomic E-state index is 12.1. The number of rotatable bonds is 3. The lowest BCUT2D eigenvalue weighted by molar-refractivity contribution is -0.137. The van der Waals surface area contributed by atoms with Crippen molar-refractivity contribution in [3.8, 4) is 0 Å². The van der Waals surface area contributed by atoms with E-state index in [1.807, 2.05) is 0 Å². The normalized spacial score (nSPS) is 33.8. The van der Waals surface area contributed by atoms with Crippen molar-refractivity contribution in [2.75, 3.05) is 0 Å². The SMILES string of the molecule is CC1CCC(C(N)CCC(F)(F)F)CC1C. The second-order valence-electron chi connectivity index (χ2n) is 5.35. The highest BCUT2D eigenvalue weighted by Crippen LogP contribution is 2.36. The minimum absolute atomic E-state index is 0.0786. The molecule has 0 aliphatic heterocycles. The Balaban J connectivity index is 2.34. The largest absolute Gasteiger partial charge is 0.389 e. The Labute approximate surface area is 95.6 Å². The van der Waals surface area contributed by atoms with Gasteiger partial charge in [0.1, 0.15) is 0 Å². The van der Waals surface area contributed by atoms with Gasteiger partial charge in [0.15, 0.2) is 0 Å². The van der Waals surface area contributed by atoms with E-state index in [1.54, 1.807) is 0 Å². The molecule has 0 aromatic carbocycles. The smallest absolute Gasteiger partial charge is 0.327 e. The van der Waals surface area contributed by atoms with Crippen molar-refractivity contribution in [3.63, 3.8) is 0 Å². The maximum absolute atomic E-state index is 12.1. The number of nitrogens with two attached hydrogens (primary N) is 1. The van der Waals surface area contributed by atoms with Crippen molar-refractivity contribution in [2.45, 2.75) is 58.2 Å². The first-order valence-electron chi connectivity index (χ1n) is 6.12. The lowest BCUT2D eigenvalue weighted by Crippen LogP contribution is -2.36. The predicted molar refractivity (Wildman–Crippen MR) is 58.9 cm³/mol. The Morgan fingerprint density at radius 1 is 1.19 bits per heavy atom. The molecule has 2 N–H and O–H groups in total. The maximum Gasteiger partial charge on any atom is 0.389 e. The van der Waals surface area contributed by atoms with E-state index < -0.39 is 12.6 Å². The molecule has 4 unspecified atom stereocenters. The van der Waals surface area contributed by atoms with E-state index in [0.29, 0.717) is 11.8 Å². The fourth-order valence-electron chi connectivity index (χ4n) is 2.54. The van der Waals surface area contributed by atoms with Crippen LogP contribution < -0.4 is 5.73 Å². The Bertz CT molecular complexity index is 215. The first-order chi connectivity index (χ1) is 7.29. The van der Waals surface area contributed by atoms with Gasteiger partial charge in [0.05, 0.1) is 0 Å². The van der Waals surface area contributed by atoms with E-state index >= 15 is 0 Å². The molecule has 0 spiro atoms. The standard InChI is InChI=1S/C12H22F3N/c1-8-3-4-10(7-9(8)2)11(16)5-6-12(13,14)15/h8-11H,3-7,16H2,1-2H3. The molecule has 16 heavy (non-hydrogen) atoms. The van der Waals surface area contributed by atoms with Gasteiger partial charge in [-0.3, -0.25) is 0 Å². The van der Waals surface area contributed by atoms with Crippen molar-refractivity contribution in [2.24, 2.45) is 23.5 Å². The fourth-order valence-corrected chi connectivity index (χ4v) is 2.54. The third-order valence-corrected chi connectivity index (χ3v) is 4.01. The van der Waals surface area contributed by atoms with E-state index in [1.165, 1.54) is 0 Å². The first-order valence-corrected chi connectivity index (χ1v) is 6.12. The molecule has 0 saturated heterocycles. The zero-order valence-electron chi connectivity index (χ0n) is 10.1. The van der Waals surface area contributed by atoms with Gasteiger partial charge < -0.3 is 5.73 Å². The second kappa shape index (κ2) is 5.39. The van der Waals surface area contributed by atoms with Crippen LogP contribution in [-0.2, 0) is 0 Å². The van der Waals surface area contributed by atoms with Crippen LogP contribution in [0.25, 0.3) is 0 Å². The third-order valence-electron chi connectivity index (χ3n) is 4.01. The quantitative estimate of drug-likeness (QED) is 0.795. The average Bonchev–Trinajstić information content (AvgIpc) is 2.17. The zero-order valence-corrected chi connectivity index (χ0v) is 10.1. The van der Waals surface area contributed by atoms with Crippen LogP contribution >= 0.6 is 0 Å². The summed E-state index contributed by atoms with van der Waals surface area (Å²) in [7, 11) is 0. The van der Waals surface area contributed by atoms with Crippen LogP contribution in [0, 0.1) is 17.8 Å². The molecule has 0 aromatic heterocycles. The molecule has 1 fully saturated rings. The second-order valence-corrected chi connectivity index (χ2v) is 5.35. The summed E-state index contributed by atoms with van der Waals surface area (Å²) < 4.78 is 36.2. The third kappa shape index (κ3) is 4.32. The first kappa shape index (κ1) is 13.8. The molecule has 1 saturated carbocycles. The Hall–Kier alpha value is -0.250. The van der Waals surface area contributed by atoms with Gasteiger partial charge in [-0.25, -0.2) is 0 Å². The molecule has 1 aliphatic carbocycles. The molecule has 0 radical (unpaired) electrons. The van der Waals surface area contributed by atoms with E-state index in [-0.39, 0.29) is 18.4 Å². The van der Waals surface area contributed by atoms with Crippen LogP contribution in [0.15, 0.2) is 0 Å². The van der Waals surface area contributed by atoms with E-state index in [2.05, 4.69) is 13.8 Å². The van der Waals surface area contributed by atoms with Crippen molar-refractivity contribution in [1.82, 2.24) is 0 Å². The van der Waals surface area contributed by atoms with Gasteiger partial charge >= 0.3 is 6.18 Å². The van der Waals surface area contributed by atoms with Crippen LogP contribution in [0.4, 0.5) is 13.2 Å². The summed E-state index contributed by atoms with van der Waals surface area (Å²) in [6.07, 6.45) is -1.65. The molecular weight excluding hydrogens is 215 g/mol. The Morgan fingerprint density at radius 2 is 1.81 bits per heavy atom. The van der Waals surface area contributed by atoms with Crippen LogP contribution in [0.2, 0.25) is 0 Å². The molecule has 0 aromatic rings. The lowest BCUT2D eigenvalue weighted by Gasteiger charge is -2.35. The predicted octanol–water partition coefficient (Wildman–Crippen LogP) is 3.73. The van der Waals surface area contributed by atoms with Gasteiger partial charge in [-0.15, -0.1) is 0 Å². The summed E-state index contributed by atoms with van der Waals surface area (Å²) in [6, 6.07) is -0.281. The fraction of sp³-hybridized carbons (Fsp3) is 1.00. The average molecular weight is 237 g/mol. The van der Waals surface area contributed by atoms with Gasteiger partial charge in [0, 0.05) is 12.5 Å². The van der Waals surface area contributed by atoms with Crippen LogP contribution in [0.1, 0.15) is 46.0 Å². The van der Waals surface area contributed by atoms with E-state index in [4.69, 9.17) is 5.73 Å². The minimum Gasteiger partial charge on any atom is -0.327 e. The molecule has 4 atom stereocenters. The minimum atomic E-state index is -4.06. The molecule has 1 rings (SSSR count). The van der Waals surface area contributed by atoms with Crippen molar-refractivity contribution < 1.29 is 13.2 Å². The number of alkyl halides is 3. The molecule has 0 amide bonds. The number of hydrogen-bond acceptors (Lipinski definition) is 1. The van der Waals surface area contributed by atoms with Gasteiger partial charge in [0.2, 0.25) is 0 Å². The summed E-state index contributed by atoms with van der Waals surface area (Å²) in [5.41, 5.74) is 5.86. The number of hydrogen-bond donors (Lipinski definition) is 1. The molecule has 1 aliphatic rings. The zero-order chi connectivity index (χ0) is 12.3. The van der Waals surface area contributed by atoms with Gasteiger partial charge in [-0.2, -0.15) is 13.2 Å². The molecule has 0 heterocycles. The molecule has 96 valence electrons. The number of halogens is 3. The Morgan fingerprint density at radius 3 is 2.31 bits per heavy atom. The van der Waals surface area contributed by atoms with E-state index in [0.717, 1.165) is 19.3 Å².